The highest BCUT2D eigenvalue weighted by Gasteiger charge is 1.92. The first kappa shape index (κ1) is 4.49. The fourth-order valence-electron chi connectivity index (χ4n) is 0.710. The molecule has 0 fully saturated rings. The maximum absolute atomic E-state index is 4.97. The molecule has 0 aliphatic heterocycles. The van der Waals surface area contributed by atoms with Gasteiger partial charge in [-0.15, -0.1) is 0 Å². The Labute approximate surface area is 51.3 Å². The summed E-state index contributed by atoms with van der Waals surface area (Å²) >= 11 is 0. The molecule has 0 bridgehead atoms. The zero-order chi connectivity index (χ0) is 6.10. The van der Waals surface area contributed by atoms with Crippen molar-refractivity contribution in [2.24, 2.45) is 0 Å². The van der Waals surface area contributed by atoms with Crippen LogP contribution in [0, 0.1) is 0 Å². The molecule has 0 aliphatic rings. The summed E-state index contributed by atoms with van der Waals surface area (Å²) in [6.45, 7) is 0. The Morgan fingerprint density at radius 1 is 1.44 bits per heavy atom. The molecule has 0 atom stereocenters. The van der Waals surface area contributed by atoms with Gasteiger partial charge in [-0.1, -0.05) is 0 Å². The first-order valence-corrected chi connectivity index (χ1v) is 2.60. The molecule has 2 aromatic rings. The molecule has 2 rings (SSSR count). The van der Waals surface area contributed by atoms with Gasteiger partial charge in [0.15, 0.2) is 12.0 Å². The van der Waals surface area contributed by atoms with Crippen LogP contribution in [0.15, 0.2) is 29.3 Å². The number of hydrogen-bond acceptors (Lipinski definition) is 3. The maximum atomic E-state index is 4.97. The third-order valence-electron chi connectivity index (χ3n) is 1.13. The van der Waals surface area contributed by atoms with E-state index in [9.17, 15) is 0 Å². The first-order valence-electron chi connectivity index (χ1n) is 2.60. The molecule has 0 aromatic carbocycles. The predicted molar refractivity (Wildman–Crippen MR) is 31.8 cm³/mol. The van der Waals surface area contributed by atoms with Gasteiger partial charge >= 0.3 is 0 Å². The molecular weight excluding hydrogens is 116 g/mol. The van der Waals surface area contributed by atoms with Crippen molar-refractivity contribution in [3.63, 3.8) is 0 Å². The number of pyridine rings is 1. The molecule has 0 amide bonds. The molecular formula is C6H4N2O. The molecule has 0 aliphatic carbocycles. The number of fused-ring (bicyclic) bond motifs is 1. The van der Waals surface area contributed by atoms with E-state index in [-0.39, 0.29) is 0 Å². The first-order chi connectivity index (χ1) is 4.47. The smallest absolute Gasteiger partial charge is 0.182 e. The summed E-state index contributed by atoms with van der Waals surface area (Å²) in [5, 5.41) is 0. The molecule has 0 N–H and O–H groups in total. The van der Waals surface area contributed by atoms with Gasteiger partial charge in [0, 0.05) is 12.3 Å². The van der Waals surface area contributed by atoms with E-state index in [0.29, 0.717) is 0 Å². The van der Waals surface area contributed by atoms with Crippen molar-refractivity contribution in [1.29, 1.82) is 0 Å². The predicted octanol–water partition coefficient (Wildman–Crippen LogP) is 1.22. The third-order valence-corrected chi connectivity index (χ3v) is 1.13. The van der Waals surface area contributed by atoms with Gasteiger partial charge in [-0.2, -0.15) is 0 Å². The van der Waals surface area contributed by atoms with E-state index < -0.39 is 0 Å². The summed E-state index contributed by atoms with van der Waals surface area (Å²) in [5.41, 5.74) is 1.59. The van der Waals surface area contributed by atoms with Crippen molar-refractivity contribution in [2.45, 2.75) is 0 Å². The van der Waals surface area contributed by atoms with E-state index in [1.54, 1.807) is 18.5 Å². The van der Waals surface area contributed by atoms with E-state index in [2.05, 4.69) is 9.97 Å². The van der Waals surface area contributed by atoms with Crippen LogP contribution in [0.25, 0.3) is 11.1 Å². The fourth-order valence-corrected chi connectivity index (χ4v) is 0.710. The number of hydrogen-bond donors (Lipinski definition) is 0. The molecule has 0 spiro atoms. The van der Waals surface area contributed by atoms with Gasteiger partial charge in [0.05, 0.1) is 6.20 Å². The quantitative estimate of drug-likeness (QED) is 0.524. The van der Waals surface area contributed by atoms with Crippen LogP contribution < -0.4 is 0 Å². The Hall–Kier alpha value is -1.38. The topological polar surface area (TPSA) is 38.9 Å². The fraction of sp³-hybridized carbons (Fsp3) is 0. The van der Waals surface area contributed by atoms with Crippen LogP contribution in [0.2, 0.25) is 0 Å². The van der Waals surface area contributed by atoms with E-state index in [1.165, 1.54) is 6.39 Å². The lowest BCUT2D eigenvalue weighted by Crippen LogP contribution is -1.68. The van der Waals surface area contributed by atoms with Crippen LogP contribution in [0.5, 0.6) is 0 Å². The van der Waals surface area contributed by atoms with Crippen molar-refractivity contribution in [2.75, 3.05) is 0 Å². The lowest BCUT2D eigenvalue weighted by atomic mass is 10.4. The molecule has 0 unspecified atom stereocenters. The van der Waals surface area contributed by atoms with E-state index >= 15 is 0 Å². The lowest BCUT2D eigenvalue weighted by molar-refractivity contribution is 0.602. The standard InChI is InChI=1S/C6H4N2O/c1-2-7-3-5-6(1)9-4-8-5/h1-4H. The molecule has 0 saturated heterocycles. The average molecular weight is 120 g/mol. The minimum absolute atomic E-state index is 0.782. The lowest BCUT2D eigenvalue weighted by Gasteiger charge is -1.79. The molecule has 0 radical (unpaired) electrons. The molecule has 3 heteroatoms. The number of aromatic nitrogens is 2. The van der Waals surface area contributed by atoms with Crippen molar-refractivity contribution in [3.8, 4) is 0 Å². The second kappa shape index (κ2) is 1.55. The molecule has 0 saturated carbocycles. The number of oxazole rings is 1. The summed E-state index contributed by atoms with van der Waals surface area (Å²) in [7, 11) is 0. The Kier molecular flexibility index (Phi) is 0.773. The molecule has 9 heavy (non-hydrogen) atoms. The number of rotatable bonds is 0. The van der Waals surface area contributed by atoms with Gasteiger partial charge in [-0.25, -0.2) is 4.98 Å². The largest absolute Gasteiger partial charge is 0.443 e. The zero-order valence-corrected chi connectivity index (χ0v) is 4.61. The highest BCUT2D eigenvalue weighted by Crippen LogP contribution is 2.07. The van der Waals surface area contributed by atoms with Gasteiger partial charge in [-0.3, -0.25) is 4.98 Å². The Bertz CT molecular complexity index is 285. The van der Waals surface area contributed by atoms with Crippen molar-refractivity contribution in [1.82, 2.24) is 9.97 Å². The second-order valence-corrected chi connectivity index (χ2v) is 1.70. The van der Waals surface area contributed by atoms with Crippen LogP contribution >= 0.6 is 0 Å². The summed E-state index contributed by atoms with van der Waals surface area (Å²) in [5.74, 6) is 0. The summed E-state index contributed by atoms with van der Waals surface area (Å²) in [6, 6.07) is 1.78. The minimum atomic E-state index is 0.782. The highest BCUT2D eigenvalue weighted by atomic mass is 16.3. The molecule has 44 valence electrons. The molecule has 2 aromatic heterocycles. The van der Waals surface area contributed by atoms with Gasteiger partial charge < -0.3 is 4.42 Å². The van der Waals surface area contributed by atoms with Gasteiger partial charge in [0.1, 0.15) is 5.52 Å². The summed E-state index contributed by atoms with van der Waals surface area (Å²) in [6.07, 6.45) is 4.75. The van der Waals surface area contributed by atoms with Gasteiger partial charge in [0.2, 0.25) is 0 Å². The molecule has 2 heterocycles. The van der Waals surface area contributed by atoms with Crippen molar-refractivity contribution in [3.05, 3.63) is 24.9 Å². The van der Waals surface area contributed by atoms with Crippen LogP contribution in [0.4, 0.5) is 0 Å². The summed E-state index contributed by atoms with van der Waals surface area (Å²) in [4.78, 5) is 7.75. The number of nitrogens with zero attached hydrogens (tertiary/aromatic N) is 2. The normalized spacial score (nSPS) is 10.2. The highest BCUT2D eigenvalue weighted by molar-refractivity contribution is 5.69. The van der Waals surface area contributed by atoms with Crippen molar-refractivity contribution < 1.29 is 4.42 Å². The summed E-state index contributed by atoms with van der Waals surface area (Å²) < 4.78 is 4.97. The third kappa shape index (κ3) is 0.579. The SMILES string of the molecule is c1cc2ocnc2cn1. The van der Waals surface area contributed by atoms with Crippen molar-refractivity contribution >= 4 is 11.1 Å². The zero-order valence-electron chi connectivity index (χ0n) is 4.61. The average Bonchev–Trinajstić information content (AvgIpc) is 2.33. The van der Waals surface area contributed by atoms with Gasteiger partial charge in [0.25, 0.3) is 0 Å². The van der Waals surface area contributed by atoms with Gasteiger partial charge in [-0.05, 0) is 0 Å². The van der Waals surface area contributed by atoms with Crippen LogP contribution in [0.1, 0.15) is 0 Å². The maximum Gasteiger partial charge on any atom is 0.182 e. The Balaban J connectivity index is 2.95. The van der Waals surface area contributed by atoms with E-state index in [0.717, 1.165) is 11.1 Å². The monoisotopic (exact) mass is 120 g/mol. The Morgan fingerprint density at radius 2 is 2.44 bits per heavy atom. The van der Waals surface area contributed by atoms with Crippen LogP contribution in [-0.2, 0) is 0 Å². The Morgan fingerprint density at radius 3 is 3.33 bits per heavy atom. The van der Waals surface area contributed by atoms with E-state index in [4.69, 9.17) is 4.42 Å². The second-order valence-electron chi connectivity index (χ2n) is 1.70. The van der Waals surface area contributed by atoms with E-state index in [1.807, 2.05) is 0 Å². The minimum Gasteiger partial charge on any atom is -0.443 e. The van der Waals surface area contributed by atoms with Crippen LogP contribution in [0.3, 0.4) is 0 Å². The molecule has 3 nitrogen and oxygen atoms in total. The van der Waals surface area contributed by atoms with Crippen LogP contribution in [-0.4, -0.2) is 9.97 Å².